The molecule has 7 nitrogen and oxygen atoms in total. The van der Waals surface area contributed by atoms with E-state index in [1.54, 1.807) is 18.2 Å². The van der Waals surface area contributed by atoms with Crippen LogP contribution in [0.1, 0.15) is 28.1 Å². The van der Waals surface area contributed by atoms with Crippen LogP contribution < -0.4 is 9.47 Å². The van der Waals surface area contributed by atoms with E-state index in [0.717, 1.165) is 29.7 Å². The zero-order valence-corrected chi connectivity index (χ0v) is 15.5. The minimum Gasteiger partial charge on any atom is -0.457 e. The van der Waals surface area contributed by atoms with Crippen molar-refractivity contribution < 1.29 is 27.4 Å². The van der Waals surface area contributed by atoms with Crippen LogP contribution in [-0.4, -0.2) is 38.6 Å². The molecule has 0 radical (unpaired) electrons. The van der Waals surface area contributed by atoms with E-state index in [2.05, 4.69) is 0 Å². The van der Waals surface area contributed by atoms with Crippen molar-refractivity contribution in [3.8, 4) is 11.5 Å². The normalized spacial score (nSPS) is 16.8. The number of sulfonamides is 1. The predicted octanol–water partition coefficient (Wildman–Crippen LogP) is 2.62. The number of benzene rings is 1. The molecule has 0 atom stereocenters. The van der Waals surface area contributed by atoms with E-state index in [1.807, 2.05) is 0 Å². The van der Waals surface area contributed by atoms with Gasteiger partial charge in [0.2, 0.25) is 16.8 Å². The van der Waals surface area contributed by atoms with Crippen molar-refractivity contribution in [2.45, 2.75) is 24.3 Å². The molecule has 3 heterocycles. The molecule has 26 heavy (non-hydrogen) atoms. The Balaban J connectivity index is 1.42. The summed E-state index contributed by atoms with van der Waals surface area (Å²) < 4.78 is 42.3. The van der Waals surface area contributed by atoms with Crippen molar-refractivity contribution in [1.29, 1.82) is 0 Å². The Morgan fingerprint density at radius 2 is 1.92 bits per heavy atom. The van der Waals surface area contributed by atoms with Crippen molar-refractivity contribution in [3.63, 3.8) is 0 Å². The fourth-order valence-electron chi connectivity index (χ4n) is 2.89. The standard InChI is InChI=1S/C17H17NO6S2/c19-17(22-9-12-3-4-14-15(7-12)24-11-23-14)16-8-13(10-25-16)26(20,21)18-5-1-2-6-18/h3-4,7-8,10H,1-2,5-6,9,11H2. The summed E-state index contributed by atoms with van der Waals surface area (Å²) in [6, 6.07) is 6.70. The first kappa shape index (κ1) is 17.3. The number of carbonyl (C=O) groups is 1. The fraction of sp³-hybridized carbons (Fsp3) is 0.353. The molecular weight excluding hydrogens is 378 g/mol. The minimum atomic E-state index is -3.52. The summed E-state index contributed by atoms with van der Waals surface area (Å²) in [7, 11) is -3.52. The molecule has 9 heteroatoms. The van der Waals surface area contributed by atoms with E-state index in [0.29, 0.717) is 24.6 Å². The van der Waals surface area contributed by atoms with E-state index in [1.165, 1.54) is 15.8 Å². The van der Waals surface area contributed by atoms with Gasteiger partial charge in [-0.3, -0.25) is 0 Å². The van der Waals surface area contributed by atoms with Gasteiger partial charge in [0.15, 0.2) is 11.5 Å². The second kappa shape index (κ2) is 6.90. The van der Waals surface area contributed by atoms with Gasteiger partial charge in [-0.1, -0.05) is 6.07 Å². The Labute approximate surface area is 155 Å². The van der Waals surface area contributed by atoms with Crippen molar-refractivity contribution in [2.75, 3.05) is 19.9 Å². The highest BCUT2D eigenvalue weighted by Crippen LogP contribution is 2.33. The third-order valence-corrected chi connectivity index (χ3v) is 7.22. The monoisotopic (exact) mass is 395 g/mol. The van der Waals surface area contributed by atoms with Crippen LogP contribution in [0.2, 0.25) is 0 Å². The van der Waals surface area contributed by atoms with E-state index in [-0.39, 0.29) is 23.2 Å². The molecular formula is C17H17NO6S2. The molecule has 1 aromatic heterocycles. The van der Waals surface area contributed by atoms with Gasteiger partial charge in [-0.05, 0) is 36.6 Å². The van der Waals surface area contributed by atoms with Crippen LogP contribution in [0.5, 0.6) is 11.5 Å². The lowest BCUT2D eigenvalue weighted by molar-refractivity contribution is 0.0478. The second-order valence-corrected chi connectivity index (χ2v) is 8.87. The van der Waals surface area contributed by atoms with Gasteiger partial charge in [0.05, 0.1) is 4.90 Å². The van der Waals surface area contributed by atoms with Crippen LogP contribution in [0.25, 0.3) is 0 Å². The predicted molar refractivity (Wildman–Crippen MR) is 94.0 cm³/mol. The number of thiophene rings is 1. The molecule has 1 fully saturated rings. The Hall–Kier alpha value is -2.10. The topological polar surface area (TPSA) is 82.1 Å². The highest BCUT2D eigenvalue weighted by Gasteiger charge is 2.29. The average Bonchev–Trinajstić information content (AvgIpc) is 3.40. The first-order valence-corrected chi connectivity index (χ1v) is 10.5. The lowest BCUT2D eigenvalue weighted by Gasteiger charge is -2.13. The third kappa shape index (κ3) is 3.29. The van der Waals surface area contributed by atoms with Crippen molar-refractivity contribution in [2.24, 2.45) is 0 Å². The molecule has 2 aliphatic heterocycles. The molecule has 0 N–H and O–H groups in total. The Kier molecular flexibility index (Phi) is 4.60. The average molecular weight is 395 g/mol. The van der Waals surface area contributed by atoms with Gasteiger partial charge in [0.1, 0.15) is 11.5 Å². The molecule has 1 aromatic carbocycles. The molecule has 138 valence electrons. The SMILES string of the molecule is O=C(OCc1ccc2c(c1)OCO2)c1cc(S(=O)(=O)N2CCCC2)cs1. The fourth-order valence-corrected chi connectivity index (χ4v) is 5.56. The van der Waals surface area contributed by atoms with E-state index < -0.39 is 16.0 Å². The van der Waals surface area contributed by atoms with Gasteiger partial charge in [0.25, 0.3) is 0 Å². The van der Waals surface area contributed by atoms with Crippen LogP contribution in [0.4, 0.5) is 0 Å². The minimum absolute atomic E-state index is 0.0710. The molecule has 0 spiro atoms. The summed E-state index contributed by atoms with van der Waals surface area (Å²) in [5.41, 5.74) is 0.768. The Morgan fingerprint density at radius 3 is 2.73 bits per heavy atom. The quantitative estimate of drug-likeness (QED) is 0.724. The number of ether oxygens (including phenoxy) is 3. The number of esters is 1. The van der Waals surface area contributed by atoms with Crippen LogP contribution >= 0.6 is 11.3 Å². The third-order valence-electron chi connectivity index (χ3n) is 4.29. The molecule has 0 saturated carbocycles. The summed E-state index contributed by atoms with van der Waals surface area (Å²) >= 11 is 1.07. The smallest absolute Gasteiger partial charge is 0.348 e. The first-order valence-electron chi connectivity index (χ1n) is 8.18. The van der Waals surface area contributed by atoms with Crippen molar-refractivity contribution >= 4 is 27.3 Å². The number of carbonyl (C=O) groups excluding carboxylic acids is 1. The Bertz CT molecular complexity index is 930. The van der Waals surface area contributed by atoms with Crippen molar-refractivity contribution in [3.05, 3.63) is 40.1 Å². The molecule has 0 aliphatic carbocycles. The van der Waals surface area contributed by atoms with E-state index in [9.17, 15) is 13.2 Å². The molecule has 1 saturated heterocycles. The number of fused-ring (bicyclic) bond motifs is 1. The maximum atomic E-state index is 12.5. The molecule has 0 amide bonds. The molecule has 0 unspecified atom stereocenters. The number of nitrogens with zero attached hydrogens (tertiary/aromatic N) is 1. The maximum absolute atomic E-state index is 12.5. The summed E-state index contributed by atoms with van der Waals surface area (Å²) in [4.78, 5) is 12.7. The molecule has 2 aliphatic rings. The summed E-state index contributed by atoms with van der Waals surface area (Å²) in [5.74, 6) is 0.735. The van der Waals surface area contributed by atoms with Gasteiger partial charge in [-0.15, -0.1) is 11.3 Å². The molecule has 2 aromatic rings. The van der Waals surface area contributed by atoms with Crippen LogP contribution in [-0.2, 0) is 21.4 Å². The Morgan fingerprint density at radius 1 is 1.15 bits per heavy atom. The van der Waals surface area contributed by atoms with Gasteiger partial charge >= 0.3 is 5.97 Å². The van der Waals surface area contributed by atoms with Gasteiger partial charge in [-0.2, -0.15) is 4.31 Å². The maximum Gasteiger partial charge on any atom is 0.348 e. The van der Waals surface area contributed by atoms with Crippen LogP contribution in [0.3, 0.4) is 0 Å². The number of hydrogen-bond acceptors (Lipinski definition) is 7. The number of hydrogen-bond donors (Lipinski definition) is 0. The van der Waals surface area contributed by atoms with Gasteiger partial charge < -0.3 is 14.2 Å². The summed E-state index contributed by atoms with van der Waals surface area (Å²) in [6.07, 6.45) is 1.74. The van der Waals surface area contributed by atoms with Crippen LogP contribution in [0, 0.1) is 0 Å². The largest absolute Gasteiger partial charge is 0.457 e. The van der Waals surface area contributed by atoms with Gasteiger partial charge in [0, 0.05) is 18.5 Å². The zero-order chi connectivity index (χ0) is 18.1. The van der Waals surface area contributed by atoms with Crippen LogP contribution in [0.15, 0.2) is 34.5 Å². The molecule has 0 bridgehead atoms. The van der Waals surface area contributed by atoms with Gasteiger partial charge in [-0.25, -0.2) is 13.2 Å². The second-order valence-electron chi connectivity index (χ2n) is 6.02. The lowest BCUT2D eigenvalue weighted by Crippen LogP contribution is -2.27. The highest BCUT2D eigenvalue weighted by atomic mass is 32.2. The number of rotatable bonds is 5. The lowest BCUT2D eigenvalue weighted by atomic mass is 10.2. The zero-order valence-electron chi connectivity index (χ0n) is 13.8. The van der Waals surface area contributed by atoms with E-state index in [4.69, 9.17) is 14.2 Å². The highest BCUT2D eigenvalue weighted by molar-refractivity contribution is 7.89. The summed E-state index contributed by atoms with van der Waals surface area (Å²) in [6.45, 7) is 1.31. The summed E-state index contributed by atoms with van der Waals surface area (Å²) in [5, 5.41) is 1.49. The first-order chi connectivity index (χ1) is 12.5. The molecule has 4 rings (SSSR count). The van der Waals surface area contributed by atoms with E-state index >= 15 is 0 Å². The van der Waals surface area contributed by atoms with Crippen molar-refractivity contribution in [1.82, 2.24) is 4.31 Å².